The third-order valence-electron chi connectivity index (χ3n) is 1.30. The molecule has 1 rings (SSSR count). The minimum Gasteiger partial charge on any atom is -0.270 e. The van der Waals surface area contributed by atoms with Gasteiger partial charge in [0, 0.05) is 24.6 Å². The Kier molecular flexibility index (Phi) is 2.39. The molecule has 0 aromatic rings. The summed E-state index contributed by atoms with van der Waals surface area (Å²) in [7, 11) is 0. The number of rotatable bonds is 2. The van der Waals surface area contributed by atoms with Crippen molar-refractivity contribution in [1.82, 2.24) is 4.90 Å². The minimum atomic E-state index is -0.671. The number of imide groups is 1. The van der Waals surface area contributed by atoms with Crippen LogP contribution in [0.4, 0.5) is 0 Å². The van der Waals surface area contributed by atoms with Gasteiger partial charge in [0.05, 0.1) is 0 Å². The molecule has 0 aliphatic carbocycles. The highest BCUT2D eigenvalue weighted by Gasteiger charge is 2.25. The molecule has 5 nitrogen and oxygen atoms in total. The van der Waals surface area contributed by atoms with Crippen molar-refractivity contribution in [3.05, 3.63) is 12.2 Å². The summed E-state index contributed by atoms with van der Waals surface area (Å²) < 4.78 is 2.89. The van der Waals surface area contributed by atoms with E-state index in [1.807, 2.05) is 0 Å². The topological polar surface area (TPSA) is 66.8 Å². The molecule has 0 spiro atoms. The molecule has 0 aromatic heterocycles. The summed E-state index contributed by atoms with van der Waals surface area (Å²) >= 11 is 4.09. The zero-order chi connectivity index (χ0) is 9.14. The van der Waals surface area contributed by atoms with Crippen LogP contribution in [-0.2, 0) is 26.8 Å². The molecule has 1 aliphatic rings. The van der Waals surface area contributed by atoms with E-state index in [2.05, 4.69) is 16.8 Å². The minimum absolute atomic E-state index is 0.367. The molecule has 0 fully saturated rings. The molecule has 0 saturated carbocycles. The van der Waals surface area contributed by atoms with Gasteiger partial charge >= 0.3 is 0 Å². The maximum absolute atomic E-state index is 10.8. The Bertz CT molecular complexity index is 279. The first-order valence-electron chi connectivity index (χ1n) is 3.05. The molecule has 12 heavy (non-hydrogen) atoms. The van der Waals surface area contributed by atoms with E-state index in [-0.39, 0.29) is 6.54 Å². The van der Waals surface area contributed by atoms with Crippen molar-refractivity contribution >= 4 is 30.1 Å². The number of nitrogens with zero attached hydrogens (tertiary/aromatic N) is 2. The van der Waals surface area contributed by atoms with Gasteiger partial charge in [-0.3, -0.25) is 19.3 Å². The summed E-state index contributed by atoms with van der Waals surface area (Å²) in [5, 5.41) is 0. The second-order valence-corrected chi connectivity index (χ2v) is 2.26. The summed E-state index contributed by atoms with van der Waals surface area (Å²) in [5.74, 6) is -1.69. The molecule has 0 bridgehead atoms. The monoisotopic (exact) mass is 184 g/mol. The third kappa shape index (κ3) is 1.59. The third-order valence-corrected chi connectivity index (χ3v) is 1.50. The van der Waals surface area contributed by atoms with Crippen LogP contribution < -0.4 is 0 Å². The zero-order valence-corrected chi connectivity index (χ0v) is 6.71. The van der Waals surface area contributed by atoms with Gasteiger partial charge in [0.25, 0.3) is 17.7 Å². The van der Waals surface area contributed by atoms with Gasteiger partial charge < -0.3 is 0 Å². The molecular weight excluding hydrogens is 180 g/mol. The highest BCUT2D eigenvalue weighted by Crippen LogP contribution is 2.02. The molecule has 0 radical (unpaired) electrons. The number of carbonyl (C=O) groups excluding carboxylic acids is 3. The van der Waals surface area contributed by atoms with Gasteiger partial charge in [0.15, 0.2) is 0 Å². The first-order valence-corrected chi connectivity index (χ1v) is 3.41. The van der Waals surface area contributed by atoms with Crippen molar-refractivity contribution in [2.75, 3.05) is 6.54 Å². The van der Waals surface area contributed by atoms with E-state index in [0.29, 0.717) is 0 Å². The quantitative estimate of drug-likeness (QED) is 0.525. The standard InChI is InChI=1S/C6H4N2O3S/c9-4(7-12)3-8-5(10)1-2-6(8)11/h1-2H,3H2. The van der Waals surface area contributed by atoms with Crippen molar-refractivity contribution in [1.29, 1.82) is 0 Å². The number of carbonyl (C=O) groups is 3. The lowest BCUT2D eigenvalue weighted by Crippen LogP contribution is -2.34. The predicted octanol–water partition coefficient (Wildman–Crippen LogP) is -0.831. The van der Waals surface area contributed by atoms with Crippen LogP contribution in [0.1, 0.15) is 0 Å². The van der Waals surface area contributed by atoms with Gasteiger partial charge in [-0.05, 0) is 0 Å². The molecule has 0 N–H and O–H groups in total. The largest absolute Gasteiger partial charge is 0.277 e. The Balaban J connectivity index is 2.65. The van der Waals surface area contributed by atoms with E-state index in [1.54, 1.807) is 0 Å². The molecule has 1 aliphatic heterocycles. The predicted molar refractivity (Wildman–Crippen MR) is 40.7 cm³/mol. The summed E-state index contributed by atoms with van der Waals surface area (Å²) in [6, 6.07) is 0. The van der Waals surface area contributed by atoms with Crippen LogP contribution in [0, 0.1) is 0 Å². The van der Waals surface area contributed by atoms with Crippen molar-refractivity contribution < 1.29 is 14.4 Å². The Morgan fingerprint density at radius 3 is 2.33 bits per heavy atom. The van der Waals surface area contributed by atoms with Gasteiger partial charge in [-0.25, -0.2) is 0 Å². The van der Waals surface area contributed by atoms with E-state index in [1.165, 1.54) is 0 Å². The van der Waals surface area contributed by atoms with Gasteiger partial charge in [-0.2, -0.15) is 0 Å². The Labute approximate surface area is 73.2 Å². The number of hydrogen-bond acceptors (Lipinski definition) is 4. The molecule has 0 atom stereocenters. The number of hydrogen-bond donors (Lipinski definition) is 0. The normalized spacial score (nSPS) is 15.5. The molecule has 1 heterocycles. The van der Waals surface area contributed by atoms with Crippen LogP contribution in [-0.4, -0.2) is 29.2 Å². The molecule has 0 aromatic carbocycles. The van der Waals surface area contributed by atoms with E-state index in [0.717, 1.165) is 17.1 Å². The van der Waals surface area contributed by atoms with E-state index >= 15 is 0 Å². The zero-order valence-electron chi connectivity index (χ0n) is 5.89. The highest BCUT2D eigenvalue weighted by atomic mass is 32.1. The Morgan fingerprint density at radius 2 is 1.92 bits per heavy atom. The first-order chi connectivity index (χ1) is 5.65. The maximum atomic E-state index is 10.8. The highest BCUT2D eigenvalue weighted by molar-refractivity contribution is 7.47. The van der Waals surface area contributed by atoms with Crippen molar-refractivity contribution in [3.8, 4) is 0 Å². The molecule has 3 amide bonds. The van der Waals surface area contributed by atoms with Crippen LogP contribution in [0.2, 0.25) is 0 Å². The van der Waals surface area contributed by atoms with Crippen molar-refractivity contribution in [3.63, 3.8) is 0 Å². The first kappa shape index (κ1) is 8.66. The van der Waals surface area contributed by atoms with Crippen molar-refractivity contribution in [2.24, 2.45) is 4.36 Å². The average molecular weight is 184 g/mol. The van der Waals surface area contributed by atoms with Crippen LogP contribution in [0.3, 0.4) is 0 Å². The molecule has 0 saturated heterocycles. The summed E-state index contributed by atoms with van der Waals surface area (Å²) in [4.78, 5) is 33.0. The van der Waals surface area contributed by atoms with Crippen LogP contribution >= 0.6 is 0 Å². The van der Waals surface area contributed by atoms with Crippen molar-refractivity contribution in [2.45, 2.75) is 0 Å². The smallest absolute Gasteiger partial charge is 0.270 e. The fourth-order valence-electron chi connectivity index (χ4n) is 0.751. The van der Waals surface area contributed by atoms with Gasteiger partial charge in [0.1, 0.15) is 6.54 Å². The van der Waals surface area contributed by atoms with E-state index in [4.69, 9.17) is 0 Å². The summed E-state index contributed by atoms with van der Waals surface area (Å²) in [5.41, 5.74) is 0. The maximum Gasteiger partial charge on any atom is 0.277 e. The summed E-state index contributed by atoms with van der Waals surface area (Å²) in [6.07, 6.45) is 2.19. The average Bonchev–Trinajstić information content (AvgIpc) is 2.35. The Hall–Kier alpha value is -1.43. The van der Waals surface area contributed by atoms with Crippen LogP contribution in [0.25, 0.3) is 0 Å². The number of amides is 3. The van der Waals surface area contributed by atoms with E-state index < -0.39 is 17.7 Å². The van der Waals surface area contributed by atoms with Gasteiger partial charge in [-0.1, -0.05) is 0 Å². The van der Waals surface area contributed by atoms with Crippen LogP contribution in [0.15, 0.2) is 16.5 Å². The fraction of sp³-hybridized carbons (Fsp3) is 0.167. The lowest BCUT2D eigenvalue weighted by Gasteiger charge is -2.09. The van der Waals surface area contributed by atoms with Gasteiger partial charge in [0.2, 0.25) is 0 Å². The molecule has 0 unspecified atom stereocenters. The lowest BCUT2D eigenvalue weighted by molar-refractivity contribution is -0.140. The Morgan fingerprint density at radius 1 is 1.42 bits per heavy atom. The molecule has 6 heteroatoms. The lowest BCUT2D eigenvalue weighted by atomic mass is 10.5. The SMILES string of the molecule is O=C(CN1C(=O)C=CC1=O)N=S. The molecular formula is C6H4N2O3S. The van der Waals surface area contributed by atoms with Crippen LogP contribution in [0.5, 0.6) is 0 Å². The van der Waals surface area contributed by atoms with E-state index in [9.17, 15) is 14.4 Å². The van der Waals surface area contributed by atoms with Gasteiger partial charge in [-0.15, -0.1) is 4.36 Å². The summed E-state index contributed by atoms with van der Waals surface area (Å²) in [6.45, 7) is -0.367. The molecule has 62 valence electrons. The fourth-order valence-corrected chi connectivity index (χ4v) is 0.809. The second-order valence-electron chi connectivity index (χ2n) is 2.08. The second kappa shape index (κ2) is 3.31.